The van der Waals surface area contributed by atoms with Crippen molar-refractivity contribution in [1.29, 1.82) is 0 Å². The summed E-state index contributed by atoms with van der Waals surface area (Å²) in [7, 11) is 0. The third-order valence-corrected chi connectivity index (χ3v) is 6.80. The Morgan fingerprint density at radius 1 is 1.36 bits per heavy atom. The minimum Gasteiger partial charge on any atom is -0.384 e. The molecule has 0 amide bonds. The lowest BCUT2D eigenvalue weighted by Gasteiger charge is -2.29. The maximum Gasteiger partial charge on any atom is 0.270 e. The highest BCUT2D eigenvalue weighted by atomic mass is 127. The summed E-state index contributed by atoms with van der Waals surface area (Å²) in [4.78, 5) is 19.3. The van der Waals surface area contributed by atoms with Gasteiger partial charge in [-0.05, 0) is 77.0 Å². The van der Waals surface area contributed by atoms with Crippen LogP contribution in [0.3, 0.4) is 0 Å². The summed E-state index contributed by atoms with van der Waals surface area (Å²) in [6.45, 7) is 4.87. The summed E-state index contributed by atoms with van der Waals surface area (Å²) in [6.07, 6.45) is 3.10. The molecule has 1 aromatic carbocycles. The highest BCUT2D eigenvalue weighted by Crippen LogP contribution is 2.34. The number of rotatable bonds is 7. The molecule has 1 atom stereocenters. The summed E-state index contributed by atoms with van der Waals surface area (Å²) < 4.78 is 1.98. The molecule has 0 saturated heterocycles. The Hall–Kier alpha value is -1.65. The first kappa shape index (κ1) is 19.7. The van der Waals surface area contributed by atoms with E-state index in [-0.39, 0.29) is 5.56 Å². The van der Waals surface area contributed by atoms with Gasteiger partial charge in [-0.2, -0.15) is 0 Å². The maximum absolute atomic E-state index is 12.0. The number of hydrogen-bond donors (Lipinski definition) is 4. The van der Waals surface area contributed by atoms with E-state index in [9.17, 15) is 4.79 Å². The zero-order chi connectivity index (χ0) is 19.5. The quantitative estimate of drug-likeness (QED) is 0.285. The number of H-pyrrole nitrogens is 1. The van der Waals surface area contributed by atoms with E-state index in [0.29, 0.717) is 16.7 Å². The number of aryl methyl sites for hydroxylation is 1. The Kier molecular flexibility index (Phi) is 6.17. The number of nitrogens with zero attached hydrogens (tertiary/aromatic N) is 1. The van der Waals surface area contributed by atoms with Crippen molar-refractivity contribution in [2.24, 2.45) is 0 Å². The average Bonchev–Trinajstić information content (AvgIpc) is 3.17. The Morgan fingerprint density at radius 3 is 3.11 bits per heavy atom. The molecular weight excluding hydrogens is 485 g/mol. The van der Waals surface area contributed by atoms with E-state index in [1.54, 1.807) is 0 Å². The van der Waals surface area contributed by atoms with Gasteiger partial charge in [0.05, 0.1) is 11.2 Å². The van der Waals surface area contributed by atoms with Gasteiger partial charge in [0.1, 0.15) is 4.70 Å². The van der Waals surface area contributed by atoms with Crippen LogP contribution in [0.4, 0.5) is 11.6 Å². The van der Waals surface area contributed by atoms with Gasteiger partial charge in [-0.1, -0.05) is 13.0 Å². The van der Waals surface area contributed by atoms with E-state index in [0.717, 1.165) is 44.4 Å². The van der Waals surface area contributed by atoms with Crippen molar-refractivity contribution in [3.8, 4) is 0 Å². The Bertz CT molecular complexity index is 1030. The standard InChI is InChI=1S/C20H24IN5OS/c1-2-12-10-13-15(4-8-23-17(13)14(21)11-12)22-6-3-7-24-20-25-16-5-9-28-18(16)19(27)26-20/h5,9-11,15,22-23H,2-4,6-8H2,1H3,(H2,24,25,26,27)/t15-/m0/s1. The first-order valence-corrected chi connectivity index (χ1v) is 11.6. The molecule has 148 valence electrons. The number of thiophene rings is 1. The van der Waals surface area contributed by atoms with Gasteiger partial charge in [0.2, 0.25) is 5.95 Å². The normalized spacial score (nSPS) is 16.0. The van der Waals surface area contributed by atoms with Crippen LogP contribution in [0.2, 0.25) is 0 Å². The van der Waals surface area contributed by atoms with Crippen molar-refractivity contribution in [3.05, 3.63) is 48.6 Å². The molecule has 0 fully saturated rings. The van der Waals surface area contributed by atoms with Crippen LogP contribution in [-0.2, 0) is 6.42 Å². The van der Waals surface area contributed by atoms with Crippen molar-refractivity contribution in [1.82, 2.24) is 15.3 Å². The Balaban J connectivity index is 1.32. The second-order valence-electron chi connectivity index (χ2n) is 6.95. The topological polar surface area (TPSA) is 81.8 Å². The highest BCUT2D eigenvalue weighted by molar-refractivity contribution is 14.1. The van der Waals surface area contributed by atoms with Crippen LogP contribution in [0, 0.1) is 3.57 Å². The third kappa shape index (κ3) is 4.18. The molecule has 8 heteroatoms. The molecule has 0 unspecified atom stereocenters. The number of halogens is 1. The second kappa shape index (κ2) is 8.79. The molecule has 1 aliphatic rings. The molecule has 1 aliphatic heterocycles. The zero-order valence-electron chi connectivity index (χ0n) is 15.8. The monoisotopic (exact) mass is 509 g/mol. The number of benzene rings is 1. The lowest BCUT2D eigenvalue weighted by Crippen LogP contribution is -2.30. The van der Waals surface area contributed by atoms with Crippen LogP contribution in [-0.4, -0.2) is 29.6 Å². The fourth-order valence-corrected chi connectivity index (χ4v) is 5.22. The number of nitrogens with one attached hydrogen (secondary N) is 4. The number of anilines is 2. The van der Waals surface area contributed by atoms with Crippen LogP contribution in [0.25, 0.3) is 10.2 Å². The first-order valence-electron chi connectivity index (χ1n) is 9.66. The molecule has 4 N–H and O–H groups in total. The van der Waals surface area contributed by atoms with E-state index < -0.39 is 0 Å². The first-order chi connectivity index (χ1) is 13.7. The minimum atomic E-state index is -0.0757. The van der Waals surface area contributed by atoms with E-state index in [2.05, 4.69) is 67.6 Å². The molecule has 28 heavy (non-hydrogen) atoms. The molecule has 0 spiro atoms. The molecule has 6 nitrogen and oxygen atoms in total. The largest absolute Gasteiger partial charge is 0.384 e. The lowest BCUT2D eigenvalue weighted by atomic mass is 9.95. The van der Waals surface area contributed by atoms with Crippen LogP contribution in [0.1, 0.15) is 36.9 Å². The fourth-order valence-electron chi connectivity index (χ4n) is 3.59. The number of fused-ring (bicyclic) bond motifs is 2. The fraction of sp³-hybridized carbons (Fsp3) is 0.400. The molecule has 4 rings (SSSR count). The molecule has 0 radical (unpaired) electrons. The second-order valence-corrected chi connectivity index (χ2v) is 9.03. The van der Waals surface area contributed by atoms with Gasteiger partial charge in [-0.25, -0.2) is 4.98 Å². The van der Waals surface area contributed by atoms with Crippen molar-refractivity contribution in [2.75, 3.05) is 30.3 Å². The highest BCUT2D eigenvalue weighted by Gasteiger charge is 2.21. The van der Waals surface area contributed by atoms with Gasteiger partial charge in [0, 0.05) is 22.7 Å². The molecule has 0 bridgehead atoms. The lowest BCUT2D eigenvalue weighted by molar-refractivity contribution is 0.497. The summed E-state index contributed by atoms with van der Waals surface area (Å²) in [6, 6.07) is 6.88. The maximum atomic E-state index is 12.0. The smallest absolute Gasteiger partial charge is 0.270 e. The van der Waals surface area contributed by atoms with Crippen molar-refractivity contribution in [3.63, 3.8) is 0 Å². The van der Waals surface area contributed by atoms with Gasteiger partial charge in [-0.3, -0.25) is 9.78 Å². The number of hydrogen-bond acceptors (Lipinski definition) is 6. The van der Waals surface area contributed by atoms with Gasteiger partial charge < -0.3 is 16.0 Å². The minimum absolute atomic E-state index is 0.0757. The van der Waals surface area contributed by atoms with Crippen LogP contribution in [0.15, 0.2) is 28.4 Å². The summed E-state index contributed by atoms with van der Waals surface area (Å²) in [5, 5.41) is 12.4. The molecule has 0 aliphatic carbocycles. The van der Waals surface area contributed by atoms with Gasteiger partial charge >= 0.3 is 0 Å². The molecule has 3 heterocycles. The predicted octanol–water partition coefficient (Wildman–Crippen LogP) is 4.10. The third-order valence-electron chi connectivity index (χ3n) is 5.05. The Morgan fingerprint density at radius 2 is 2.25 bits per heavy atom. The van der Waals surface area contributed by atoms with Crippen LogP contribution in [0.5, 0.6) is 0 Å². The SMILES string of the molecule is CCc1cc(I)c2c(c1)[C@@H](NCCCNc1nc3ccsc3c(=O)[nH]1)CCN2. The van der Waals surface area contributed by atoms with Gasteiger partial charge in [-0.15, -0.1) is 11.3 Å². The van der Waals surface area contributed by atoms with Gasteiger partial charge in [0.15, 0.2) is 0 Å². The van der Waals surface area contributed by atoms with E-state index >= 15 is 0 Å². The van der Waals surface area contributed by atoms with E-state index in [4.69, 9.17) is 0 Å². The average molecular weight is 509 g/mol. The molecule has 0 saturated carbocycles. The predicted molar refractivity (Wildman–Crippen MR) is 126 cm³/mol. The van der Waals surface area contributed by atoms with Crippen LogP contribution >= 0.6 is 33.9 Å². The van der Waals surface area contributed by atoms with Crippen molar-refractivity contribution in [2.45, 2.75) is 32.2 Å². The summed E-state index contributed by atoms with van der Waals surface area (Å²) >= 11 is 3.85. The number of aromatic nitrogens is 2. The molecule has 2 aromatic heterocycles. The van der Waals surface area contributed by atoms with Gasteiger partial charge in [0.25, 0.3) is 5.56 Å². The molecular formula is C20H24IN5OS. The van der Waals surface area contributed by atoms with Crippen molar-refractivity contribution >= 4 is 55.8 Å². The number of aromatic amines is 1. The van der Waals surface area contributed by atoms with E-state index in [1.165, 1.54) is 31.7 Å². The van der Waals surface area contributed by atoms with Crippen molar-refractivity contribution < 1.29 is 0 Å². The molecule has 3 aromatic rings. The summed E-state index contributed by atoms with van der Waals surface area (Å²) in [5.41, 5.74) is 4.73. The zero-order valence-corrected chi connectivity index (χ0v) is 18.7. The van der Waals surface area contributed by atoms with Crippen LogP contribution < -0.4 is 21.5 Å². The van der Waals surface area contributed by atoms with E-state index in [1.807, 2.05) is 11.4 Å². The summed E-state index contributed by atoms with van der Waals surface area (Å²) in [5.74, 6) is 0.547. The Labute approximate surface area is 181 Å².